The van der Waals surface area contributed by atoms with Gasteiger partial charge in [0, 0.05) is 18.6 Å². The summed E-state index contributed by atoms with van der Waals surface area (Å²) in [6.07, 6.45) is -0.590. The zero-order valence-corrected chi connectivity index (χ0v) is 13.9. The molecule has 0 saturated carbocycles. The fourth-order valence-corrected chi connectivity index (χ4v) is 1.82. The first kappa shape index (κ1) is 16.5. The second-order valence-electron chi connectivity index (χ2n) is 5.52. The van der Waals surface area contributed by atoms with Crippen LogP contribution in [-0.4, -0.2) is 36.6 Å². The minimum absolute atomic E-state index is 0.197. The third-order valence-electron chi connectivity index (χ3n) is 2.25. The summed E-state index contributed by atoms with van der Waals surface area (Å²) < 4.78 is 5.94. The van der Waals surface area contributed by atoms with Crippen molar-refractivity contribution in [1.82, 2.24) is 4.90 Å². The highest BCUT2D eigenvalue weighted by molar-refractivity contribution is 9.10. The standard InChI is InChI=1S/C14H19BrN2O3/c1-14(2,3)20-13(19)16-11-7-6-9(15)8-10(11)12(18)17(4)5/h6-8H,1-5H3,(H,16,19). The number of anilines is 1. The number of hydrogen-bond acceptors (Lipinski definition) is 3. The van der Waals surface area contributed by atoms with Crippen LogP contribution in [0.5, 0.6) is 0 Å². The molecule has 0 aliphatic carbocycles. The summed E-state index contributed by atoms with van der Waals surface area (Å²) in [7, 11) is 3.31. The van der Waals surface area contributed by atoms with Gasteiger partial charge >= 0.3 is 6.09 Å². The van der Waals surface area contributed by atoms with Gasteiger partial charge in [0.1, 0.15) is 5.60 Å². The van der Waals surface area contributed by atoms with E-state index in [1.54, 1.807) is 53.1 Å². The summed E-state index contributed by atoms with van der Waals surface area (Å²) in [6.45, 7) is 5.33. The Balaban J connectivity index is 3.01. The van der Waals surface area contributed by atoms with Crippen LogP contribution in [-0.2, 0) is 4.74 Å². The van der Waals surface area contributed by atoms with Gasteiger partial charge in [-0.1, -0.05) is 15.9 Å². The molecule has 20 heavy (non-hydrogen) atoms. The van der Waals surface area contributed by atoms with Crippen LogP contribution >= 0.6 is 15.9 Å². The second kappa shape index (κ2) is 6.26. The van der Waals surface area contributed by atoms with Crippen molar-refractivity contribution in [3.63, 3.8) is 0 Å². The number of nitrogens with one attached hydrogen (secondary N) is 1. The highest BCUT2D eigenvalue weighted by Gasteiger charge is 2.19. The van der Waals surface area contributed by atoms with Crippen molar-refractivity contribution >= 4 is 33.6 Å². The fourth-order valence-electron chi connectivity index (χ4n) is 1.46. The van der Waals surface area contributed by atoms with Crippen LogP contribution in [0.4, 0.5) is 10.5 Å². The molecular formula is C14H19BrN2O3. The van der Waals surface area contributed by atoms with Crippen molar-refractivity contribution in [3.8, 4) is 0 Å². The zero-order chi connectivity index (χ0) is 15.5. The Morgan fingerprint density at radius 1 is 1.25 bits per heavy atom. The number of ether oxygens (including phenoxy) is 1. The molecule has 1 aromatic carbocycles. The molecule has 1 rings (SSSR count). The zero-order valence-electron chi connectivity index (χ0n) is 12.3. The molecule has 0 spiro atoms. The molecule has 1 aromatic rings. The SMILES string of the molecule is CN(C)C(=O)c1cc(Br)ccc1NC(=O)OC(C)(C)C. The predicted octanol–water partition coefficient (Wildman–Crippen LogP) is 3.50. The third-order valence-corrected chi connectivity index (χ3v) is 2.75. The number of hydrogen-bond donors (Lipinski definition) is 1. The molecule has 110 valence electrons. The maximum Gasteiger partial charge on any atom is 0.412 e. The Kier molecular flexibility index (Phi) is 5.16. The highest BCUT2D eigenvalue weighted by atomic mass is 79.9. The molecule has 0 aliphatic rings. The minimum atomic E-state index is -0.592. The van der Waals surface area contributed by atoms with E-state index in [0.29, 0.717) is 11.3 Å². The Labute approximate surface area is 127 Å². The van der Waals surface area contributed by atoms with Crippen molar-refractivity contribution in [1.29, 1.82) is 0 Å². The molecule has 0 fully saturated rings. The molecule has 0 radical (unpaired) electrons. The molecule has 0 bridgehead atoms. The first-order chi connectivity index (χ1) is 9.10. The predicted molar refractivity (Wildman–Crippen MR) is 82.0 cm³/mol. The van der Waals surface area contributed by atoms with E-state index in [2.05, 4.69) is 21.2 Å². The molecule has 0 atom stereocenters. The van der Waals surface area contributed by atoms with Crippen LogP contribution in [0.25, 0.3) is 0 Å². The van der Waals surface area contributed by atoms with E-state index < -0.39 is 11.7 Å². The van der Waals surface area contributed by atoms with Gasteiger partial charge in [-0.2, -0.15) is 0 Å². The Morgan fingerprint density at radius 3 is 2.35 bits per heavy atom. The molecule has 0 aliphatic heterocycles. The van der Waals surface area contributed by atoms with E-state index in [1.165, 1.54) is 4.90 Å². The van der Waals surface area contributed by atoms with Gasteiger partial charge in [-0.25, -0.2) is 4.79 Å². The lowest BCUT2D eigenvalue weighted by atomic mass is 10.1. The molecule has 0 saturated heterocycles. The monoisotopic (exact) mass is 342 g/mol. The topological polar surface area (TPSA) is 58.6 Å². The lowest BCUT2D eigenvalue weighted by molar-refractivity contribution is 0.0636. The normalized spacial score (nSPS) is 10.9. The summed E-state index contributed by atoms with van der Waals surface area (Å²) in [4.78, 5) is 25.3. The average Bonchev–Trinajstić information content (AvgIpc) is 2.27. The number of rotatable bonds is 2. The van der Waals surface area contributed by atoms with Crippen molar-refractivity contribution in [2.45, 2.75) is 26.4 Å². The first-order valence-corrected chi connectivity index (χ1v) is 6.90. The van der Waals surface area contributed by atoms with Gasteiger partial charge in [0.15, 0.2) is 0 Å². The number of nitrogens with zero attached hydrogens (tertiary/aromatic N) is 1. The van der Waals surface area contributed by atoms with E-state index in [0.717, 1.165) is 4.47 Å². The van der Waals surface area contributed by atoms with Gasteiger partial charge < -0.3 is 9.64 Å². The van der Waals surface area contributed by atoms with Crippen molar-refractivity contribution in [2.75, 3.05) is 19.4 Å². The Morgan fingerprint density at radius 2 is 1.85 bits per heavy atom. The van der Waals surface area contributed by atoms with Gasteiger partial charge in [-0.15, -0.1) is 0 Å². The van der Waals surface area contributed by atoms with Gasteiger partial charge in [-0.05, 0) is 39.0 Å². The van der Waals surface area contributed by atoms with E-state index in [1.807, 2.05) is 0 Å². The largest absolute Gasteiger partial charge is 0.444 e. The van der Waals surface area contributed by atoms with Gasteiger partial charge in [0.25, 0.3) is 5.91 Å². The van der Waals surface area contributed by atoms with E-state index in [4.69, 9.17) is 4.74 Å². The number of amides is 2. The van der Waals surface area contributed by atoms with Crippen LogP contribution in [0.2, 0.25) is 0 Å². The van der Waals surface area contributed by atoms with Crippen LogP contribution in [0.1, 0.15) is 31.1 Å². The molecule has 0 aromatic heterocycles. The lowest BCUT2D eigenvalue weighted by Crippen LogP contribution is -2.29. The van der Waals surface area contributed by atoms with Gasteiger partial charge in [0.2, 0.25) is 0 Å². The lowest BCUT2D eigenvalue weighted by Gasteiger charge is -2.21. The summed E-state index contributed by atoms with van der Waals surface area (Å²) in [5.74, 6) is -0.197. The van der Waals surface area contributed by atoms with E-state index in [9.17, 15) is 9.59 Å². The number of halogens is 1. The molecule has 5 nitrogen and oxygen atoms in total. The number of benzene rings is 1. The van der Waals surface area contributed by atoms with Crippen molar-refractivity contribution < 1.29 is 14.3 Å². The molecule has 6 heteroatoms. The molecule has 0 heterocycles. The number of carbonyl (C=O) groups is 2. The number of carbonyl (C=O) groups excluding carboxylic acids is 2. The molecule has 1 N–H and O–H groups in total. The van der Waals surface area contributed by atoms with Crippen molar-refractivity contribution in [2.24, 2.45) is 0 Å². The quantitative estimate of drug-likeness (QED) is 0.894. The summed E-state index contributed by atoms with van der Waals surface area (Å²) in [6, 6.07) is 5.07. The van der Waals surface area contributed by atoms with Crippen LogP contribution < -0.4 is 5.32 Å². The maximum atomic E-state index is 12.1. The molecule has 2 amide bonds. The van der Waals surface area contributed by atoms with Crippen molar-refractivity contribution in [3.05, 3.63) is 28.2 Å². The maximum absolute atomic E-state index is 12.1. The molecular weight excluding hydrogens is 324 g/mol. The average molecular weight is 343 g/mol. The van der Waals surface area contributed by atoms with Crippen LogP contribution in [0.15, 0.2) is 22.7 Å². The fraction of sp³-hybridized carbons (Fsp3) is 0.429. The Hall–Kier alpha value is -1.56. The third kappa shape index (κ3) is 4.85. The minimum Gasteiger partial charge on any atom is -0.444 e. The first-order valence-electron chi connectivity index (χ1n) is 6.11. The summed E-state index contributed by atoms with van der Waals surface area (Å²) in [5, 5.41) is 2.60. The van der Waals surface area contributed by atoms with Crippen LogP contribution in [0.3, 0.4) is 0 Å². The van der Waals surface area contributed by atoms with E-state index >= 15 is 0 Å². The van der Waals surface area contributed by atoms with Crippen LogP contribution in [0, 0.1) is 0 Å². The molecule has 0 unspecified atom stereocenters. The second-order valence-corrected chi connectivity index (χ2v) is 6.43. The van der Waals surface area contributed by atoms with Gasteiger partial charge in [0.05, 0.1) is 11.3 Å². The Bertz CT molecular complexity index is 522. The smallest absolute Gasteiger partial charge is 0.412 e. The summed E-state index contributed by atoms with van der Waals surface area (Å²) in [5.41, 5.74) is 0.224. The van der Waals surface area contributed by atoms with Gasteiger partial charge in [-0.3, -0.25) is 10.1 Å². The van der Waals surface area contributed by atoms with E-state index in [-0.39, 0.29) is 5.91 Å². The highest BCUT2D eigenvalue weighted by Crippen LogP contribution is 2.23. The summed E-state index contributed by atoms with van der Waals surface area (Å²) >= 11 is 3.31.